The monoisotopic (exact) mass is 494 g/mol. The van der Waals surface area contributed by atoms with E-state index in [0.717, 1.165) is 24.1 Å². The van der Waals surface area contributed by atoms with E-state index in [2.05, 4.69) is 20.8 Å². The topological polar surface area (TPSA) is 104 Å². The first kappa shape index (κ1) is 25.3. The lowest BCUT2D eigenvalue weighted by molar-refractivity contribution is -0.137. The third-order valence-electron chi connectivity index (χ3n) is 5.04. The third kappa shape index (κ3) is 6.16. The number of rotatable bonds is 5. The fourth-order valence-corrected chi connectivity index (χ4v) is 3.82. The Balaban J connectivity index is 1.91. The molecule has 0 radical (unpaired) electrons. The van der Waals surface area contributed by atoms with Gasteiger partial charge in [0.2, 0.25) is 0 Å². The summed E-state index contributed by atoms with van der Waals surface area (Å²) in [7, 11) is -3.42. The fraction of sp³-hybridized carbons (Fsp3) is 0.304. The molecule has 11 heteroatoms. The second kappa shape index (κ2) is 9.13. The van der Waals surface area contributed by atoms with E-state index in [4.69, 9.17) is 0 Å². The highest BCUT2D eigenvalue weighted by Gasteiger charge is 2.30. The summed E-state index contributed by atoms with van der Waals surface area (Å²) in [5, 5.41) is 12.3. The van der Waals surface area contributed by atoms with Gasteiger partial charge in [0, 0.05) is 17.4 Å². The molecule has 0 aliphatic heterocycles. The van der Waals surface area contributed by atoms with Crippen LogP contribution in [0.5, 0.6) is 0 Å². The zero-order valence-corrected chi connectivity index (χ0v) is 19.8. The van der Waals surface area contributed by atoms with Crippen molar-refractivity contribution in [1.29, 1.82) is 0 Å². The van der Waals surface area contributed by atoms with Crippen LogP contribution in [0.4, 0.5) is 23.7 Å². The van der Waals surface area contributed by atoms with Crippen molar-refractivity contribution in [3.63, 3.8) is 0 Å². The van der Waals surface area contributed by atoms with E-state index in [1.807, 2.05) is 20.8 Å². The number of carbonyl (C=O) groups excluding carboxylic acids is 1. The van der Waals surface area contributed by atoms with Crippen molar-refractivity contribution < 1.29 is 26.4 Å². The van der Waals surface area contributed by atoms with Crippen molar-refractivity contribution >= 4 is 21.6 Å². The van der Waals surface area contributed by atoms with Gasteiger partial charge in [0.05, 0.1) is 27.9 Å². The Morgan fingerprint density at radius 2 is 1.68 bits per heavy atom. The number of amides is 2. The smallest absolute Gasteiger partial charge is 0.325 e. The molecule has 1 atom stereocenters. The zero-order valence-electron chi connectivity index (χ0n) is 19.0. The van der Waals surface area contributed by atoms with E-state index < -0.39 is 33.6 Å². The fourth-order valence-electron chi connectivity index (χ4n) is 3.19. The number of urea groups is 1. The van der Waals surface area contributed by atoms with Gasteiger partial charge in [-0.2, -0.15) is 18.3 Å². The van der Waals surface area contributed by atoms with Crippen LogP contribution in [0.3, 0.4) is 0 Å². The van der Waals surface area contributed by atoms with E-state index in [1.165, 1.54) is 24.3 Å². The number of carbonyl (C=O) groups is 1. The Bertz CT molecular complexity index is 1280. The van der Waals surface area contributed by atoms with Crippen LogP contribution < -0.4 is 10.6 Å². The van der Waals surface area contributed by atoms with Crippen molar-refractivity contribution in [3.8, 4) is 0 Å². The van der Waals surface area contributed by atoms with Gasteiger partial charge in [-0.15, -0.1) is 0 Å². The quantitative estimate of drug-likeness (QED) is 0.462. The van der Waals surface area contributed by atoms with Crippen LogP contribution in [0.1, 0.15) is 49.3 Å². The largest absolute Gasteiger partial charge is 0.416 e. The molecule has 0 spiro atoms. The average molecular weight is 495 g/mol. The minimum Gasteiger partial charge on any atom is -0.325 e. The van der Waals surface area contributed by atoms with Crippen LogP contribution >= 0.6 is 0 Å². The molecule has 2 aromatic carbocycles. The van der Waals surface area contributed by atoms with Crippen LogP contribution in [-0.2, 0) is 21.4 Å². The number of nitrogens with one attached hydrogen (secondary N) is 3. The maximum Gasteiger partial charge on any atom is 0.416 e. The number of alkyl halides is 3. The molecular weight excluding hydrogens is 469 g/mol. The molecule has 7 nitrogen and oxygen atoms in total. The number of hydrogen-bond donors (Lipinski definition) is 3. The molecule has 3 N–H and O–H groups in total. The minimum atomic E-state index is -4.54. The normalized spacial score (nSPS) is 13.4. The summed E-state index contributed by atoms with van der Waals surface area (Å²) in [4.78, 5) is 12.8. The van der Waals surface area contributed by atoms with E-state index in [-0.39, 0.29) is 16.0 Å². The number of nitrogens with zero attached hydrogens (tertiary/aromatic N) is 1. The predicted molar refractivity (Wildman–Crippen MR) is 122 cm³/mol. The predicted octanol–water partition coefficient (Wildman–Crippen LogP) is 5.04. The van der Waals surface area contributed by atoms with Crippen molar-refractivity contribution in [3.05, 3.63) is 77.1 Å². The van der Waals surface area contributed by atoms with Gasteiger partial charge in [0.25, 0.3) is 0 Å². The number of benzene rings is 2. The molecular formula is C23H25F3N4O3S. The molecule has 34 heavy (non-hydrogen) atoms. The van der Waals surface area contributed by atoms with Gasteiger partial charge in [-0.1, -0.05) is 39.0 Å². The van der Waals surface area contributed by atoms with Gasteiger partial charge in [-0.05, 0) is 42.0 Å². The molecule has 0 saturated heterocycles. The van der Waals surface area contributed by atoms with E-state index in [0.29, 0.717) is 11.3 Å². The molecule has 2 amide bonds. The Labute approximate surface area is 195 Å². The minimum absolute atomic E-state index is 0.0292. The summed E-state index contributed by atoms with van der Waals surface area (Å²) in [6, 6.07) is 10.5. The molecule has 0 saturated carbocycles. The number of anilines is 1. The van der Waals surface area contributed by atoms with Crippen LogP contribution in [0.25, 0.3) is 0 Å². The highest BCUT2D eigenvalue weighted by Crippen LogP contribution is 2.31. The second-order valence-corrected chi connectivity index (χ2v) is 10.9. The maximum atomic E-state index is 13.0. The third-order valence-corrected chi connectivity index (χ3v) is 6.17. The van der Waals surface area contributed by atoms with Gasteiger partial charge in [0.15, 0.2) is 9.84 Å². The first-order valence-electron chi connectivity index (χ1n) is 10.3. The Kier molecular flexibility index (Phi) is 6.79. The number of halogens is 3. The lowest BCUT2D eigenvalue weighted by atomic mass is 9.91. The Morgan fingerprint density at radius 1 is 1.03 bits per heavy atom. The molecule has 1 heterocycles. The van der Waals surface area contributed by atoms with E-state index >= 15 is 0 Å². The molecule has 3 rings (SSSR count). The molecule has 0 aliphatic carbocycles. The van der Waals surface area contributed by atoms with E-state index in [9.17, 15) is 26.4 Å². The number of aromatic amines is 1. The maximum absolute atomic E-state index is 13.0. The van der Waals surface area contributed by atoms with Gasteiger partial charge in [0.1, 0.15) is 0 Å². The highest BCUT2D eigenvalue weighted by atomic mass is 32.2. The highest BCUT2D eigenvalue weighted by molar-refractivity contribution is 7.90. The summed E-state index contributed by atoms with van der Waals surface area (Å²) in [6.45, 7) is 5.91. The van der Waals surface area contributed by atoms with Crippen molar-refractivity contribution in [1.82, 2.24) is 15.5 Å². The van der Waals surface area contributed by atoms with Gasteiger partial charge in [-0.3, -0.25) is 5.10 Å². The van der Waals surface area contributed by atoms with Crippen LogP contribution in [0.15, 0.2) is 59.5 Å². The van der Waals surface area contributed by atoms with Crippen molar-refractivity contribution in [2.75, 3.05) is 11.6 Å². The summed E-state index contributed by atoms with van der Waals surface area (Å²) < 4.78 is 62.6. The molecule has 1 unspecified atom stereocenters. The number of sulfone groups is 1. The number of H-pyrrole nitrogens is 1. The SMILES string of the molecule is CC(C)(C)c1cc(C(NC(=O)Nc2cccc(C(F)(F)F)c2)c2ccc(S(C)(=O)=O)cc2)[nH]n1. The van der Waals surface area contributed by atoms with Gasteiger partial charge >= 0.3 is 12.2 Å². The van der Waals surface area contributed by atoms with Crippen molar-refractivity contribution in [2.45, 2.75) is 43.3 Å². The lowest BCUT2D eigenvalue weighted by Crippen LogP contribution is -2.33. The van der Waals surface area contributed by atoms with Gasteiger partial charge < -0.3 is 10.6 Å². The van der Waals surface area contributed by atoms with Crippen LogP contribution in [-0.4, -0.2) is 30.9 Å². The molecule has 3 aromatic rings. The Morgan fingerprint density at radius 3 is 2.21 bits per heavy atom. The first-order chi connectivity index (χ1) is 15.6. The molecule has 0 fully saturated rings. The summed E-state index contributed by atoms with van der Waals surface area (Å²) in [5.74, 6) is 0. The van der Waals surface area contributed by atoms with Gasteiger partial charge in [-0.25, -0.2) is 13.2 Å². The van der Waals surface area contributed by atoms with Crippen molar-refractivity contribution in [2.24, 2.45) is 0 Å². The Hall–Kier alpha value is -3.34. The summed E-state index contributed by atoms with van der Waals surface area (Å²) in [5.41, 5.74) is 0.618. The molecule has 1 aromatic heterocycles. The number of hydrogen-bond acceptors (Lipinski definition) is 4. The zero-order chi connectivity index (χ0) is 25.3. The standard InChI is InChI=1S/C23H25F3N4O3S/c1-22(2,3)19-13-18(29-30-19)20(14-8-10-17(11-9-14)34(4,32)33)28-21(31)27-16-7-5-6-15(12-16)23(24,25)26/h5-13,20H,1-4H3,(H,29,30)(H2,27,28,31). The summed E-state index contributed by atoms with van der Waals surface area (Å²) in [6.07, 6.45) is -3.46. The van der Waals surface area contributed by atoms with Crippen LogP contribution in [0, 0.1) is 0 Å². The van der Waals surface area contributed by atoms with E-state index in [1.54, 1.807) is 18.2 Å². The molecule has 0 bridgehead atoms. The van der Waals surface area contributed by atoms with Crippen LogP contribution in [0.2, 0.25) is 0 Å². The lowest BCUT2D eigenvalue weighted by Gasteiger charge is -2.19. The molecule has 0 aliphatic rings. The first-order valence-corrected chi connectivity index (χ1v) is 12.1. The molecule has 182 valence electrons. The average Bonchev–Trinajstić information content (AvgIpc) is 3.22. The second-order valence-electron chi connectivity index (χ2n) is 8.91. The summed E-state index contributed by atoms with van der Waals surface area (Å²) >= 11 is 0. The number of aromatic nitrogens is 2.